The number of halogens is 3. The number of anilines is 2. The second-order valence-corrected chi connectivity index (χ2v) is 5.87. The molecule has 7 nitrogen and oxygen atoms in total. The molecule has 0 fully saturated rings. The van der Waals surface area contributed by atoms with Gasteiger partial charge in [0.25, 0.3) is 5.69 Å². The maximum Gasteiger partial charge on any atom is 0.416 e. The van der Waals surface area contributed by atoms with Crippen molar-refractivity contribution in [1.82, 2.24) is 9.97 Å². The highest BCUT2D eigenvalue weighted by atomic mass is 19.4. The molecule has 28 heavy (non-hydrogen) atoms. The van der Waals surface area contributed by atoms with E-state index in [1.807, 2.05) is 0 Å². The van der Waals surface area contributed by atoms with Crippen molar-refractivity contribution in [3.63, 3.8) is 0 Å². The first-order valence-corrected chi connectivity index (χ1v) is 8.00. The average Bonchev–Trinajstić information content (AvgIpc) is 2.66. The number of hydrogen-bond donors (Lipinski definition) is 2. The van der Waals surface area contributed by atoms with E-state index in [9.17, 15) is 23.3 Å². The van der Waals surface area contributed by atoms with Crippen LogP contribution in [-0.2, 0) is 12.7 Å². The molecule has 0 amide bonds. The van der Waals surface area contributed by atoms with Crippen molar-refractivity contribution in [2.75, 3.05) is 11.1 Å². The van der Waals surface area contributed by atoms with Crippen LogP contribution in [0, 0.1) is 10.1 Å². The molecule has 2 aromatic carbocycles. The van der Waals surface area contributed by atoms with Crippen LogP contribution < -0.4 is 11.1 Å². The van der Waals surface area contributed by atoms with Gasteiger partial charge in [-0.05, 0) is 29.3 Å². The topological polar surface area (TPSA) is 107 Å². The highest BCUT2D eigenvalue weighted by Gasteiger charge is 2.29. The number of nitro benzene ring substituents is 1. The fraction of sp³-hybridized carbons (Fsp3) is 0.111. The Hall–Kier alpha value is -3.69. The molecule has 3 rings (SSSR count). The van der Waals surface area contributed by atoms with Crippen LogP contribution in [0.1, 0.15) is 11.1 Å². The molecule has 0 saturated heterocycles. The van der Waals surface area contributed by atoms with Gasteiger partial charge in [0.15, 0.2) is 0 Å². The molecule has 144 valence electrons. The third-order valence-electron chi connectivity index (χ3n) is 3.96. The molecule has 0 unspecified atom stereocenters. The van der Waals surface area contributed by atoms with Gasteiger partial charge in [0.1, 0.15) is 5.69 Å². The van der Waals surface area contributed by atoms with Crippen LogP contribution >= 0.6 is 0 Å². The smallest absolute Gasteiger partial charge is 0.375 e. The first kappa shape index (κ1) is 19.1. The van der Waals surface area contributed by atoms with Crippen LogP contribution in [0.3, 0.4) is 0 Å². The lowest BCUT2D eigenvalue weighted by Gasteiger charge is -2.10. The Morgan fingerprint density at radius 3 is 2.25 bits per heavy atom. The van der Waals surface area contributed by atoms with Gasteiger partial charge in [0.2, 0.25) is 5.95 Å². The van der Waals surface area contributed by atoms with Crippen molar-refractivity contribution in [1.29, 1.82) is 0 Å². The zero-order valence-electron chi connectivity index (χ0n) is 14.3. The summed E-state index contributed by atoms with van der Waals surface area (Å²) in [5.41, 5.74) is 6.39. The predicted molar refractivity (Wildman–Crippen MR) is 97.3 cm³/mol. The maximum absolute atomic E-state index is 12.6. The minimum Gasteiger partial charge on any atom is -0.375 e. The van der Waals surface area contributed by atoms with Crippen LogP contribution in [0.4, 0.5) is 30.5 Å². The number of nitrogens with one attached hydrogen (secondary N) is 1. The quantitative estimate of drug-likeness (QED) is 0.499. The van der Waals surface area contributed by atoms with Crippen LogP contribution in [0.5, 0.6) is 0 Å². The lowest BCUT2D eigenvalue weighted by Crippen LogP contribution is -2.06. The van der Waals surface area contributed by atoms with Crippen molar-refractivity contribution in [3.05, 3.63) is 76.1 Å². The Morgan fingerprint density at radius 2 is 1.68 bits per heavy atom. The SMILES string of the molecule is Nc1ncc(-c2ccc(NCc3ccc(C(F)(F)F)cc3)c([N+](=O)[O-])c2)cn1. The van der Waals surface area contributed by atoms with Crippen molar-refractivity contribution in [2.24, 2.45) is 0 Å². The van der Waals surface area contributed by atoms with Gasteiger partial charge in [0, 0.05) is 30.6 Å². The molecule has 0 aliphatic heterocycles. The van der Waals surface area contributed by atoms with Gasteiger partial charge < -0.3 is 11.1 Å². The Bertz CT molecular complexity index is 990. The van der Waals surface area contributed by atoms with Crippen molar-refractivity contribution in [3.8, 4) is 11.1 Å². The summed E-state index contributed by atoms with van der Waals surface area (Å²) in [7, 11) is 0. The molecule has 0 aliphatic carbocycles. The van der Waals surface area contributed by atoms with Gasteiger partial charge in [-0.2, -0.15) is 13.2 Å². The first-order chi connectivity index (χ1) is 13.2. The van der Waals surface area contributed by atoms with Crippen LogP contribution in [0.2, 0.25) is 0 Å². The number of hydrogen-bond acceptors (Lipinski definition) is 6. The second-order valence-electron chi connectivity index (χ2n) is 5.87. The summed E-state index contributed by atoms with van der Waals surface area (Å²) >= 11 is 0. The average molecular weight is 389 g/mol. The fourth-order valence-corrected chi connectivity index (χ4v) is 2.51. The minimum absolute atomic E-state index is 0.0908. The van der Waals surface area contributed by atoms with Crippen molar-refractivity contribution < 1.29 is 18.1 Å². The molecule has 0 bridgehead atoms. The molecule has 3 aromatic rings. The van der Waals surface area contributed by atoms with E-state index in [-0.39, 0.29) is 23.9 Å². The summed E-state index contributed by atoms with van der Waals surface area (Å²) in [4.78, 5) is 18.6. The minimum atomic E-state index is -4.41. The number of benzene rings is 2. The Kier molecular flexibility index (Phi) is 5.12. The van der Waals surface area contributed by atoms with Crippen molar-refractivity contribution in [2.45, 2.75) is 12.7 Å². The lowest BCUT2D eigenvalue weighted by molar-refractivity contribution is -0.383. The zero-order valence-corrected chi connectivity index (χ0v) is 14.3. The number of aromatic nitrogens is 2. The van der Waals surface area contributed by atoms with Gasteiger partial charge in [-0.3, -0.25) is 10.1 Å². The van der Waals surface area contributed by atoms with E-state index in [0.29, 0.717) is 16.7 Å². The molecule has 1 heterocycles. The number of rotatable bonds is 5. The summed E-state index contributed by atoms with van der Waals surface area (Å²) < 4.78 is 37.8. The molecular weight excluding hydrogens is 375 g/mol. The van der Waals surface area contributed by atoms with Gasteiger partial charge in [-0.25, -0.2) is 9.97 Å². The van der Waals surface area contributed by atoms with Crippen LogP contribution in [0.15, 0.2) is 54.9 Å². The molecule has 1 aromatic heterocycles. The molecular formula is C18H14F3N5O2. The van der Waals surface area contributed by atoms with E-state index in [1.165, 1.54) is 36.7 Å². The first-order valence-electron chi connectivity index (χ1n) is 8.00. The third kappa shape index (κ3) is 4.34. The van der Waals surface area contributed by atoms with Gasteiger partial charge in [0.05, 0.1) is 10.5 Å². The Morgan fingerprint density at radius 1 is 1.04 bits per heavy atom. The van der Waals surface area contributed by atoms with E-state index >= 15 is 0 Å². The number of nitro groups is 1. The molecule has 0 spiro atoms. The monoisotopic (exact) mass is 389 g/mol. The fourth-order valence-electron chi connectivity index (χ4n) is 2.51. The van der Waals surface area contributed by atoms with E-state index in [1.54, 1.807) is 6.07 Å². The molecule has 10 heteroatoms. The highest BCUT2D eigenvalue weighted by Crippen LogP contribution is 2.31. The lowest BCUT2D eigenvalue weighted by atomic mass is 10.1. The number of nitrogens with two attached hydrogens (primary N) is 1. The Labute approximate surface area is 157 Å². The third-order valence-corrected chi connectivity index (χ3v) is 3.96. The number of alkyl halides is 3. The summed E-state index contributed by atoms with van der Waals surface area (Å²) in [5, 5.41) is 14.3. The highest BCUT2D eigenvalue weighted by molar-refractivity contribution is 5.73. The summed E-state index contributed by atoms with van der Waals surface area (Å²) in [6.07, 6.45) is -1.50. The standard InChI is InChI=1S/C18H14F3N5O2/c19-18(20,21)14-4-1-11(2-5-14)8-23-15-6-3-12(7-16(15)26(27)28)13-9-24-17(22)25-10-13/h1-7,9-10,23H,8H2,(H2,22,24,25). The van der Waals surface area contributed by atoms with E-state index < -0.39 is 16.7 Å². The summed E-state index contributed by atoms with van der Waals surface area (Å²) in [6.45, 7) is 0.128. The second kappa shape index (κ2) is 7.51. The summed E-state index contributed by atoms with van der Waals surface area (Å²) in [5.74, 6) is 0.0908. The van der Waals surface area contributed by atoms with Gasteiger partial charge in [-0.15, -0.1) is 0 Å². The van der Waals surface area contributed by atoms with Crippen LogP contribution in [-0.4, -0.2) is 14.9 Å². The van der Waals surface area contributed by atoms with Gasteiger partial charge >= 0.3 is 6.18 Å². The largest absolute Gasteiger partial charge is 0.416 e. The maximum atomic E-state index is 12.6. The zero-order chi connectivity index (χ0) is 20.3. The van der Waals surface area contributed by atoms with Crippen LogP contribution in [0.25, 0.3) is 11.1 Å². The molecule has 3 N–H and O–H groups in total. The summed E-state index contributed by atoms with van der Waals surface area (Å²) in [6, 6.07) is 9.11. The van der Waals surface area contributed by atoms with Crippen molar-refractivity contribution >= 4 is 17.3 Å². The van der Waals surface area contributed by atoms with Gasteiger partial charge in [-0.1, -0.05) is 18.2 Å². The van der Waals surface area contributed by atoms with E-state index in [2.05, 4.69) is 15.3 Å². The molecule has 0 radical (unpaired) electrons. The molecule has 0 aliphatic rings. The Balaban J connectivity index is 1.80. The molecule has 0 saturated carbocycles. The molecule has 0 atom stereocenters. The van der Waals surface area contributed by atoms with E-state index in [4.69, 9.17) is 5.73 Å². The normalized spacial score (nSPS) is 11.2. The number of nitrogens with zero attached hydrogens (tertiary/aromatic N) is 3. The number of nitrogen functional groups attached to an aromatic ring is 1. The van der Waals surface area contributed by atoms with E-state index in [0.717, 1.165) is 12.1 Å². The predicted octanol–water partition coefficient (Wildman–Crippen LogP) is 4.26.